The summed E-state index contributed by atoms with van der Waals surface area (Å²) in [6, 6.07) is 11.8. The van der Waals surface area contributed by atoms with Gasteiger partial charge in [0, 0.05) is 17.0 Å². The zero-order valence-corrected chi connectivity index (χ0v) is 16.8. The van der Waals surface area contributed by atoms with Crippen molar-refractivity contribution in [2.24, 2.45) is 0 Å². The molecule has 1 aromatic carbocycles. The Kier molecular flexibility index (Phi) is 8.42. The van der Waals surface area contributed by atoms with Crippen molar-refractivity contribution >= 4 is 29.7 Å². The topological polar surface area (TPSA) is 41.6 Å². The fourth-order valence-corrected chi connectivity index (χ4v) is 4.21. The second kappa shape index (κ2) is 10.6. The fourth-order valence-electron chi connectivity index (χ4n) is 3.35. The van der Waals surface area contributed by atoms with Crippen molar-refractivity contribution in [1.29, 1.82) is 0 Å². The summed E-state index contributed by atoms with van der Waals surface area (Å²) in [4.78, 5) is 16.4. The quantitative estimate of drug-likeness (QED) is 0.782. The molecule has 4 nitrogen and oxygen atoms in total. The third-order valence-corrected chi connectivity index (χ3v) is 5.71. The van der Waals surface area contributed by atoms with Crippen LogP contribution in [0.1, 0.15) is 47.0 Å². The average Bonchev–Trinajstić information content (AvgIpc) is 3.04. The number of thiophene rings is 1. The van der Waals surface area contributed by atoms with Crippen LogP contribution in [0.25, 0.3) is 0 Å². The molecule has 0 saturated carbocycles. The third-order valence-electron chi connectivity index (χ3n) is 4.74. The van der Waals surface area contributed by atoms with Gasteiger partial charge in [-0.15, -0.1) is 23.7 Å². The van der Waals surface area contributed by atoms with Crippen molar-refractivity contribution in [3.8, 4) is 5.75 Å². The van der Waals surface area contributed by atoms with Gasteiger partial charge in [0.1, 0.15) is 5.75 Å². The SMILES string of the molecule is COc1cccc(C(=O)NCC(c2cccs2)N2CCCCCC2)c1.Cl. The van der Waals surface area contributed by atoms with Crippen LogP contribution in [0.5, 0.6) is 5.75 Å². The van der Waals surface area contributed by atoms with Gasteiger partial charge < -0.3 is 10.1 Å². The highest BCUT2D eigenvalue weighted by Crippen LogP contribution is 2.27. The van der Waals surface area contributed by atoms with E-state index < -0.39 is 0 Å². The molecule has 3 rings (SSSR count). The van der Waals surface area contributed by atoms with Crippen LogP contribution in [0.3, 0.4) is 0 Å². The molecule has 1 amide bonds. The molecule has 142 valence electrons. The molecule has 1 saturated heterocycles. The third kappa shape index (κ3) is 5.47. The van der Waals surface area contributed by atoms with Crippen molar-refractivity contribution in [3.63, 3.8) is 0 Å². The minimum Gasteiger partial charge on any atom is -0.497 e. The van der Waals surface area contributed by atoms with E-state index in [0.717, 1.165) is 13.1 Å². The summed E-state index contributed by atoms with van der Waals surface area (Å²) in [6.45, 7) is 2.85. The predicted molar refractivity (Wildman–Crippen MR) is 110 cm³/mol. The molecule has 26 heavy (non-hydrogen) atoms. The molecule has 0 aliphatic carbocycles. The Hall–Kier alpha value is -1.56. The maximum atomic E-state index is 12.6. The summed E-state index contributed by atoms with van der Waals surface area (Å²) < 4.78 is 5.21. The Morgan fingerprint density at radius 1 is 1.19 bits per heavy atom. The van der Waals surface area contributed by atoms with Crippen LogP contribution in [0.15, 0.2) is 41.8 Å². The first kappa shape index (κ1) is 20.7. The van der Waals surface area contributed by atoms with E-state index in [2.05, 4.69) is 27.7 Å². The van der Waals surface area contributed by atoms with Gasteiger partial charge in [-0.05, 0) is 55.6 Å². The summed E-state index contributed by atoms with van der Waals surface area (Å²) in [6.07, 6.45) is 5.10. The van der Waals surface area contributed by atoms with E-state index in [-0.39, 0.29) is 24.4 Å². The number of rotatable bonds is 6. The van der Waals surface area contributed by atoms with Crippen LogP contribution in [-0.2, 0) is 0 Å². The number of halogens is 1. The lowest BCUT2D eigenvalue weighted by Gasteiger charge is -2.30. The van der Waals surface area contributed by atoms with E-state index in [1.54, 1.807) is 24.5 Å². The standard InChI is InChI=1S/C20H26N2O2S.ClH/c1-24-17-9-6-8-16(14-17)20(23)21-15-18(19-10-7-13-25-19)22-11-4-2-3-5-12-22;/h6-10,13-14,18H,2-5,11-12,15H2,1H3,(H,21,23);1H. The number of likely N-dealkylation sites (tertiary alicyclic amines) is 1. The van der Waals surface area contributed by atoms with E-state index in [1.165, 1.54) is 30.6 Å². The highest BCUT2D eigenvalue weighted by Gasteiger charge is 2.23. The van der Waals surface area contributed by atoms with Crippen LogP contribution in [0, 0.1) is 0 Å². The van der Waals surface area contributed by atoms with Gasteiger partial charge in [-0.2, -0.15) is 0 Å². The van der Waals surface area contributed by atoms with Gasteiger partial charge in [-0.1, -0.05) is 25.0 Å². The largest absolute Gasteiger partial charge is 0.497 e. The maximum absolute atomic E-state index is 12.6. The smallest absolute Gasteiger partial charge is 0.251 e. The Morgan fingerprint density at radius 3 is 2.62 bits per heavy atom. The van der Waals surface area contributed by atoms with Gasteiger partial charge >= 0.3 is 0 Å². The first-order valence-electron chi connectivity index (χ1n) is 8.97. The summed E-state index contributed by atoms with van der Waals surface area (Å²) in [5, 5.41) is 5.24. The summed E-state index contributed by atoms with van der Waals surface area (Å²) in [7, 11) is 1.61. The average molecular weight is 395 g/mol. The van der Waals surface area contributed by atoms with Gasteiger partial charge in [0.2, 0.25) is 0 Å². The molecule has 0 bridgehead atoms. The molecule has 1 aliphatic heterocycles. The number of amides is 1. The van der Waals surface area contributed by atoms with Crippen LogP contribution < -0.4 is 10.1 Å². The van der Waals surface area contributed by atoms with Crippen molar-refractivity contribution < 1.29 is 9.53 Å². The number of nitrogens with one attached hydrogen (secondary N) is 1. The van der Waals surface area contributed by atoms with Crippen molar-refractivity contribution in [1.82, 2.24) is 10.2 Å². The number of hydrogen-bond donors (Lipinski definition) is 1. The number of carbonyl (C=O) groups excluding carboxylic acids is 1. The molecule has 0 radical (unpaired) electrons. The van der Waals surface area contributed by atoms with Crippen molar-refractivity contribution in [2.45, 2.75) is 31.7 Å². The molecule has 1 atom stereocenters. The van der Waals surface area contributed by atoms with Crippen LogP contribution in [0.2, 0.25) is 0 Å². The number of hydrogen-bond acceptors (Lipinski definition) is 4. The van der Waals surface area contributed by atoms with Crippen LogP contribution in [0.4, 0.5) is 0 Å². The first-order valence-corrected chi connectivity index (χ1v) is 9.85. The van der Waals surface area contributed by atoms with E-state index in [0.29, 0.717) is 17.9 Å². The number of carbonyl (C=O) groups is 1. The zero-order chi connectivity index (χ0) is 17.5. The van der Waals surface area contributed by atoms with E-state index in [1.807, 2.05) is 18.2 Å². The van der Waals surface area contributed by atoms with Gasteiger partial charge in [-0.3, -0.25) is 9.69 Å². The predicted octanol–water partition coefficient (Wildman–Crippen LogP) is 4.53. The van der Waals surface area contributed by atoms with Gasteiger partial charge in [0.25, 0.3) is 5.91 Å². The lowest BCUT2D eigenvalue weighted by molar-refractivity contribution is 0.0933. The number of nitrogens with zero attached hydrogens (tertiary/aromatic N) is 1. The summed E-state index contributed by atoms with van der Waals surface area (Å²) in [5.74, 6) is 0.658. The van der Waals surface area contributed by atoms with E-state index in [4.69, 9.17) is 4.74 Å². The minimum atomic E-state index is -0.0460. The monoisotopic (exact) mass is 394 g/mol. The lowest BCUT2D eigenvalue weighted by Crippen LogP contribution is -2.38. The summed E-state index contributed by atoms with van der Waals surface area (Å²) in [5.41, 5.74) is 0.639. The first-order chi connectivity index (χ1) is 12.3. The normalized spacial score (nSPS) is 16.2. The van der Waals surface area contributed by atoms with Crippen LogP contribution >= 0.6 is 23.7 Å². The molecular weight excluding hydrogens is 368 g/mol. The molecular formula is C20H27ClN2O2S. The van der Waals surface area contributed by atoms with Gasteiger partial charge in [0.15, 0.2) is 0 Å². The second-order valence-corrected chi connectivity index (χ2v) is 7.40. The van der Waals surface area contributed by atoms with Gasteiger partial charge in [-0.25, -0.2) is 0 Å². The molecule has 1 aliphatic rings. The Balaban J connectivity index is 0.00000243. The highest BCUT2D eigenvalue weighted by atomic mass is 35.5. The lowest BCUT2D eigenvalue weighted by atomic mass is 10.1. The second-order valence-electron chi connectivity index (χ2n) is 6.42. The van der Waals surface area contributed by atoms with Crippen LogP contribution in [-0.4, -0.2) is 37.6 Å². The summed E-state index contributed by atoms with van der Waals surface area (Å²) >= 11 is 1.77. The molecule has 2 aromatic rings. The number of benzene rings is 1. The molecule has 1 fully saturated rings. The van der Waals surface area contributed by atoms with E-state index in [9.17, 15) is 4.79 Å². The molecule has 6 heteroatoms. The Labute approximate surface area is 166 Å². The van der Waals surface area contributed by atoms with Crippen molar-refractivity contribution in [3.05, 3.63) is 52.2 Å². The van der Waals surface area contributed by atoms with E-state index >= 15 is 0 Å². The highest BCUT2D eigenvalue weighted by molar-refractivity contribution is 7.10. The molecule has 1 N–H and O–H groups in total. The molecule has 1 unspecified atom stereocenters. The molecule has 0 spiro atoms. The van der Waals surface area contributed by atoms with Crippen molar-refractivity contribution in [2.75, 3.05) is 26.7 Å². The fraction of sp³-hybridized carbons (Fsp3) is 0.450. The minimum absolute atomic E-state index is 0. The maximum Gasteiger partial charge on any atom is 0.251 e. The Morgan fingerprint density at radius 2 is 1.96 bits per heavy atom. The zero-order valence-electron chi connectivity index (χ0n) is 15.1. The molecule has 1 aromatic heterocycles. The van der Waals surface area contributed by atoms with Gasteiger partial charge in [0.05, 0.1) is 13.2 Å². The Bertz CT molecular complexity index is 670. The number of methoxy groups -OCH3 is 1. The number of ether oxygens (including phenoxy) is 1. The molecule has 2 heterocycles.